The Kier molecular flexibility index (Phi) is 66.5. The summed E-state index contributed by atoms with van der Waals surface area (Å²) in [5.41, 5.74) is 0. The van der Waals surface area contributed by atoms with E-state index in [0.717, 1.165) is 102 Å². The summed E-state index contributed by atoms with van der Waals surface area (Å²) in [6, 6.07) is 0. The Bertz CT molecular complexity index is 1840. The fourth-order valence-corrected chi connectivity index (χ4v) is 13.2. The van der Waals surface area contributed by atoms with Crippen molar-refractivity contribution in [3.63, 3.8) is 0 Å². The van der Waals surface area contributed by atoms with Gasteiger partial charge in [-0.3, -0.25) is 37.3 Å². The zero-order valence-electron chi connectivity index (χ0n) is 62.0. The normalized spacial score (nSPS) is 14.0. The molecule has 0 aromatic heterocycles. The van der Waals surface area contributed by atoms with Gasteiger partial charge in [0.15, 0.2) is 12.2 Å². The van der Waals surface area contributed by atoms with Crippen LogP contribution in [0.25, 0.3) is 0 Å². The minimum atomic E-state index is -4.96. The minimum Gasteiger partial charge on any atom is -0.462 e. The zero-order chi connectivity index (χ0) is 70.0. The molecule has 564 valence electrons. The van der Waals surface area contributed by atoms with E-state index in [1.807, 2.05) is 0 Å². The highest BCUT2D eigenvalue weighted by Crippen LogP contribution is 2.45. The van der Waals surface area contributed by atoms with Gasteiger partial charge in [0.05, 0.1) is 26.4 Å². The molecule has 0 aromatic rings. The first-order valence-electron chi connectivity index (χ1n) is 39.5. The summed E-state index contributed by atoms with van der Waals surface area (Å²) in [5.74, 6) is -0.665. The number of ether oxygens (including phenoxy) is 4. The largest absolute Gasteiger partial charge is 0.472 e. The summed E-state index contributed by atoms with van der Waals surface area (Å²) in [7, 11) is -9.91. The van der Waals surface area contributed by atoms with Crippen LogP contribution in [0.4, 0.5) is 0 Å². The van der Waals surface area contributed by atoms with Gasteiger partial charge >= 0.3 is 39.5 Å². The van der Waals surface area contributed by atoms with Crippen LogP contribution in [0.2, 0.25) is 0 Å². The molecule has 0 saturated carbocycles. The highest BCUT2D eigenvalue weighted by atomic mass is 31.2. The molecule has 3 N–H and O–H groups in total. The van der Waals surface area contributed by atoms with E-state index in [-0.39, 0.29) is 25.7 Å². The minimum absolute atomic E-state index is 0.107. The number of unbranched alkanes of at least 4 members (excludes halogenated alkanes) is 45. The smallest absolute Gasteiger partial charge is 0.462 e. The lowest BCUT2D eigenvalue weighted by Crippen LogP contribution is -2.30. The summed E-state index contributed by atoms with van der Waals surface area (Å²) in [4.78, 5) is 72.8. The number of phosphoric ester groups is 2. The van der Waals surface area contributed by atoms with Gasteiger partial charge in [0, 0.05) is 25.7 Å². The van der Waals surface area contributed by atoms with Crippen molar-refractivity contribution in [2.45, 2.75) is 413 Å². The molecule has 0 heterocycles. The third kappa shape index (κ3) is 70.3. The van der Waals surface area contributed by atoms with Crippen LogP contribution >= 0.6 is 15.6 Å². The number of hydrogen-bond donors (Lipinski definition) is 3. The monoisotopic (exact) mass is 1400 g/mol. The molecule has 0 aromatic carbocycles. The molecule has 0 saturated heterocycles. The number of hydrogen-bond acceptors (Lipinski definition) is 15. The van der Waals surface area contributed by atoms with Crippen LogP contribution in [-0.4, -0.2) is 96.7 Å². The fourth-order valence-electron chi connectivity index (χ4n) is 11.7. The fraction of sp³-hybridized carbons (Fsp3) is 0.947. The van der Waals surface area contributed by atoms with E-state index in [0.29, 0.717) is 31.6 Å². The van der Waals surface area contributed by atoms with E-state index in [2.05, 4.69) is 41.5 Å². The van der Waals surface area contributed by atoms with Gasteiger partial charge in [-0.05, 0) is 37.5 Å². The summed E-state index contributed by atoms with van der Waals surface area (Å²) in [6.07, 6.45) is 55.6. The maximum absolute atomic E-state index is 13.1. The molecular weight excluding hydrogens is 1250 g/mol. The van der Waals surface area contributed by atoms with E-state index in [1.165, 1.54) is 205 Å². The van der Waals surface area contributed by atoms with Gasteiger partial charge in [-0.1, -0.05) is 343 Å². The molecule has 0 radical (unpaired) electrons. The highest BCUT2D eigenvalue weighted by Gasteiger charge is 2.30. The van der Waals surface area contributed by atoms with E-state index < -0.39 is 97.5 Å². The van der Waals surface area contributed by atoms with Gasteiger partial charge in [-0.15, -0.1) is 0 Å². The van der Waals surface area contributed by atoms with E-state index in [1.54, 1.807) is 0 Å². The SMILES string of the molecule is CCCCCCCCCCCCCCCCCCCCC(=O)O[C@H](COC(=O)CCCCCCCCCCCCCC(C)C)COP(=O)(O)OC[C@@H](O)COP(=O)(O)OC[C@@H](COC(=O)CCCCCCCCC(C)C)OC(=O)CCCCCCCCCCCCCCCC. The number of esters is 4. The molecule has 19 heteroatoms. The predicted octanol–water partition coefficient (Wildman–Crippen LogP) is 22.3. The second-order valence-electron chi connectivity index (χ2n) is 28.3. The van der Waals surface area contributed by atoms with Crippen molar-refractivity contribution in [3.8, 4) is 0 Å². The quantitative estimate of drug-likeness (QED) is 0.0222. The number of carbonyl (C=O) groups is 4. The van der Waals surface area contributed by atoms with Crippen LogP contribution in [0.5, 0.6) is 0 Å². The molecule has 0 rings (SSSR count). The summed E-state index contributed by atoms with van der Waals surface area (Å²) in [6.45, 7) is 9.52. The molecule has 17 nitrogen and oxygen atoms in total. The van der Waals surface area contributed by atoms with Crippen LogP contribution < -0.4 is 0 Å². The van der Waals surface area contributed by atoms with E-state index in [9.17, 15) is 43.2 Å². The van der Waals surface area contributed by atoms with Crippen LogP contribution in [-0.2, 0) is 65.4 Å². The molecule has 0 aliphatic rings. The molecule has 2 unspecified atom stereocenters. The molecule has 5 atom stereocenters. The molecular formula is C76H148O17P2. The Morgan fingerprint density at radius 3 is 0.716 bits per heavy atom. The maximum Gasteiger partial charge on any atom is 0.472 e. The Morgan fingerprint density at radius 1 is 0.284 bits per heavy atom. The predicted molar refractivity (Wildman–Crippen MR) is 386 cm³/mol. The van der Waals surface area contributed by atoms with Crippen molar-refractivity contribution in [1.82, 2.24) is 0 Å². The number of phosphoric acid groups is 2. The molecule has 95 heavy (non-hydrogen) atoms. The summed E-state index contributed by atoms with van der Waals surface area (Å²) < 4.78 is 68.5. The molecule has 0 aliphatic heterocycles. The summed E-state index contributed by atoms with van der Waals surface area (Å²) in [5, 5.41) is 10.6. The first kappa shape index (κ1) is 93.1. The van der Waals surface area contributed by atoms with Gasteiger partial charge in [-0.2, -0.15) is 0 Å². The first-order valence-corrected chi connectivity index (χ1v) is 42.5. The van der Waals surface area contributed by atoms with Crippen molar-refractivity contribution in [2.75, 3.05) is 39.6 Å². The van der Waals surface area contributed by atoms with Gasteiger partial charge < -0.3 is 33.8 Å². The van der Waals surface area contributed by atoms with Gasteiger partial charge in [0.1, 0.15) is 19.3 Å². The standard InChI is InChI=1S/C76H148O17P2/c1-7-9-11-13-15-17-19-21-23-24-25-26-28-32-37-41-49-55-61-75(80)92-71(64-86-73(78)58-52-46-39-35-33-29-30-34-38-44-50-56-68(3)4)66-90-94(82,83)88-62-70(77)63-89-95(84,85)91-67-72(65-87-74(79)59-53-47-43-42-45-51-57-69(5)6)93-76(81)60-54-48-40-36-31-27-22-20-18-16-14-12-10-8-2/h68-72,77H,7-67H2,1-6H3,(H,82,83)(H,84,85)/t70-,71-,72-/m1/s1. The van der Waals surface area contributed by atoms with E-state index in [4.69, 9.17) is 37.0 Å². The van der Waals surface area contributed by atoms with Crippen LogP contribution in [0.1, 0.15) is 395 Å². The topological polar surface area (TPSA) is 237 Å². The molecule has 0 bridgehead atoms. The third-order valence-corrected chi connectivity index (χ3v) is 19.6. The van der Waals surface area contributed by atoms with Crippen LogP contribution in [0.15, 0.2) is 0 Å². The van der Waals surface area contributed by atoms with Crippen molar-refractivity contribution in [2.24, 2.45) is 11.8 Å². The molecule has 0 amide bonds. The lowest BCUT2D eigenvalue weighted by Gasteiger charge is -2.21. The molecule has 0 aliphatic carbocycles. The van der Waals surface area contributed by atoms with E-state index >= 15 is 0 Å². The van der Waals surface area contributed by atoms with Crippen LogP contribution in [0.3, 0.4) is 0 Å². The number of aliphatic hydroxyl groups excluding tert-OH is 1. The van der Waals surface area contributed by atoms with Gasteiger partial charge in [0.2, 0.25) is 0 Å². The Labute approximate surface area is 581 Å². The van der Waals surface area contributed by atoms with Crippen molar-refractivity contribution in [1.29, 1.82) is 0 Å². The summed E-state index contributed by atoms with van der Waals surface area (Å²) >= 11 is 0. The second kappa shape index (κ2) is 67.9. The molecule has 0 fully saturated rings. The van der Waals surface area contributed by atoms with Gasteiger partial charge in [0.25, 0.3) is 0 Å². The van der Waals surface area contributed by atoms with Crippen molar-refractivity contribution in [3.05, 3.63) is 0 Å². The lowest BCUT2D eigenvalue weighted by atomic mass is 10.0. The Balaban J connectivity index is 5.23. The number of rotatable bonds is 75. The highest BCUT2D eigenvalue weighted by molar-refractivity contribution is 7.47. The third-order valence-electron chi connectivity index (χ3n) is 17.7. The van der Waals surface area contributed by atoms with Gasteiger partial charge in [-0.25, -0.2) is 9.13 Å². The zero-order valence-corrected chi connectivity index (χ0v) is 63.8. The second-order valence-corrected chi connectivity index (χ2v) is 31.3. The van der Waals surface area contributed by atoms with Crippen molar-refractivity contribution >= 4 is 39.5 Å². The lowest BCUT2D eigenvalue weighted by molar-refractivity contribution is -0.161. The average Bonchev–Trinajstić information content (AvgIpc) is 1.73. The maximum atomic E-state index is 13.1. The Morgan fingerprint density at radius 2 is 0.484 bits per heavy atom. The molecule has 0 spiro atoms. The van der Waals surface area contributed by atoms with Crippen molar-refractivity contribution < 1.29 is 80.2 Å². The first-order chi connectivity index (χ1) is 45.9. The van der Waals surface area contributed by atoms with Crippen LogP contribution in [0, 0.1) is 11.8 Å². The number of carbonyl (C=O) groups excluding carboxylic acids is 4. The average molecular weight is 1400 g/mol. The number of aliphatic hydroxyl groups is 1. The Hall–Kier alpha value is -1.94.